The van der Waals surface area contributed by atoms with Gasteiger partial charge in [0.05, 0.1) is 29.2 Å². The molecule has 3 aromatic heterocycles. The van der Waals surface area contributed by atoms with Crippen LogP contribution in [-0.4, -0.2) is 56.0 Å². The predicted octanol–water partition coefficient (Wildman–Crippen LogP) is 4.40. The summed E-state index contributed by atoms with van der Waals surface area (Å²) in [6.07, 6.45) is 3.78. The van der Waals surface area contributed by atoms with Gasteiger partial charge >= 0.3 is 5.97 Å². The number of pyridine rings is 3. The van der Waals surface area contributed by atoms with Crippen molar-refractivity contribution in [3.05, 3.63) is 47.4 Å². The number of anilines is 2. The molecule has 10 heteroatoms. The molecule has 5 heterocycles. The predicted molar refractivity (Wildman–Crippen MR) is 148 cm³/mol. The van der Waals surface area contributed by atoms with Gasteiger partial charge in [-0.25, -0.2) is 19.7 Å². The van der Waals surface area contributed by atoms with E-state index in [1.54, 1.807) is 24.5 Å². The van der Waals surface area contributed by atoms with Crippen LogP contribution >= 0.6 is 0 Å². The van der Waals surface area contributed by atoms with E-state index in [2.05, 4.69) is 15.3 Å². The van der Waals surface area contributed by atoms with Gasteiger partial charge in [0.15, 0.2) is 0 Å². The van der Waals surface area contributed by atoms with Crippen molar-refractivity contribution >= 4 is 34.3 Å². The SMILES string of the molecule is CCC(=O)N1C[C@@H](Oc2ncc(C(C)(C)N)c3cc(Nc4ccc5c(n4)[C@@H](C)C(C)(C)OC5=O)ncc23)[C@@H]1C. The first-order valence-electron chi connectivity index (χ1n) is 13.4. The van der Waals surface area contributed by atoms with E-state index in [0.717, 1.165) is 16.3 Å². The number of nitrogens with zero attached hydrogens (tertiary/aromatic N) is 4. The number of likely N-dealkylation sites (tertiary alicyclic amines) is 1. The maximum atomic E-state index is 12.5. The van der Waals surface area contributed by atoms with E-state index < -0.39 is 11.1 Å². The molecule has 0 spiro atoms. The largest absolute Gasteiger partial charge is 0.470 e. The lowest BCUT2D eigenvalue weighted by Gasteiger charge is -2.45. The number of hydrogen-bond acceptors (Lipinski definition) is 9. The molecule has 0 aromatic carbocycles. The molecule has 3 N–H and O–H groups in total. The van der Waals surface area contributed by atoms with E-state index in [0.29, 0.717) is 41.7 Å². The average Bonchev–Trinajstić information content (AvgIpc) is 2.87. The molecule has 2 aliphatic heterocycles. The average molecular weight is 533 g/mol. The molecular weight excluding hydrogens is 496 g/mol. The Morgan fingerprint density at radius 2 is 1.95 bits per heavy atom. The molecule has 206 valence electrons. The number of aromatic nitrogens is 3. The zero-order valence-electron chi connectivity index (χ0n) is 23.5. The lowest BCUT2D eigenvalue weighted by atomic mass is 9.84. The van der Waals surface area contributed by atoms with Crippen LogP contribution in [0.5, 0.6) is 5.88 Å². The summed E-state index contributed by atoms with van der Waals surface area (Å²) < 4.78 is 11.9. The van der Waals surface area contributed by atoms with Crippen molar-refractivity contribution in [1.29, 1.82) is 0 Å². The highest BCUT2D eigenvalue weighted by Gasteiger charge is 2.41. The quantitative estimate of drug-likeness (QED) is 0.443. The Kier molecular flexibility index (Phi) is 6.49. The highest BCUT2D eigenvalue weighted by atomic mass is 16.6. The van der Waals surface area contributed by atoms with Crippen LogP contribution in [0.1, 0.15) is 82.4 Å². The maximum Gasteiger partial charge on any atom is 0.340 e. The van der Waals surface area contributed by atoms with Gasteiger partial charge in [-0.05, 0) is 63.8 Å². The molecule has 39 heavy (non-hydrogen) atoms. The number of nitrogens with one attached hydrogen (secondary N) is 1. The van der Waals surface area contributed by atoms with Crippen molar-refractivity contribution in [2.75, 3.05) is 11.9 Å². The molecule has 1 fully saturated rings. The normalized spacial score (nSPS) is 22.1. The van der Waals surface area contributed by atoms with Crippen molar-refractivity contribution in [3.63, 3.8) is 0 Å². The zero-order valence-corrected chi connectivity index (χ0v) is 23.5. The second kappa shape index (κ2) is 9.44. The second-order valence-corrected chi connectivity index (χ2v) is 11.6. The molecule has 0 bridgehead atoms. The first-order valence-corrected chi connectivity index (χ1v) is 13.4. The molecule has 3 atom stereocenters. The number of fused-ring (bicyclic) bond motifs is 2. The van der Waals surface area contributed by atoms with Crippen LogP contribution in [-0.2, 0) is 15.1 Å². The van der Waals surface area contributed by atoms with Crippen LogP contribution in [0.25, 0.3) is 10.8 Å². The van der Waals surface area contributed by atoms with Crippen molar-refractivity contribution in [2.24, 2.45) is 5.73 Å². The van der Waals surface area contributed by atoms with E-state index in [1.165, 1.54) is 0 Å². The molecule has 10 nitrogen and oxygen atoms in total. The van der Waals surface area contributed by atoms with Gasteiger partial charge in [-0.1, -0.05) is 13.8 Å². The number of amides is 1. The number of esters is 1. The third kappa shape index (κ3) is 4.78. The summed E-state index contributed by atoms with van der Waals surface area (Å²) in [5.74, 6) is 1.26. The number of carbonyl (C=O) groups is 2. The number of rotatable bonds is 6. The number of hydrogen-bond donors (Lipinski definition) is 2. The van der Waals surface area contributed by atoms with E-state index in [9.17, 15) is 9.59 Å². The molecule has 5 rings (SSSR count). The highest BCUT2D eigenvalue weighted by Crippen LogP contribution is 2.38. The molecule has 3 aromatic rings. The van der Waals surface area contributed by atoms with Crippen molar-refractivity contribution in [2.45, 2.75) is 84.1 Å². The topological polar surface area (TPSA) is 133 Å². The number of nitrogens with two attached hydrogens (primary N) is 1. The number of ether oxygens (including phenoxy) is 2. The second-order valence-electron chi connectivity index (χ2n) is 11.6. The first kappa shape index (κ1) is 26.8. The summed E-state index contributed by atoms with van der Waals surface area (Å²) in [7, 11) is 0. The minimum absolute atomic E-state index is 0.0337. The van der Waals surface area contributed by atoms with Crippen LogP contribution in [0.3, 0.4) is 0 Å². The molecule has 2 aliphatic rings. The summed E-state index contributed by atoms with van der Waals surface area (Å²) >= 11 is 0. The Labute approximate surface area is 228 Å². The van der Waals surface area contributed by atoms with Crippen molar-refractivity contribution in [1.82, 2.24) is 19.9 Å². The zero-order chi connectivity index (χ0) is 28.3. The molecule has 1 amide bonds. The third-order valence-electron chi connectivity index (χ3n) is 7.93. The van der Waals surface area contributed by atoms with Crippen LogP contribution in [0.15, 0.2) is 30.6 Å². The fourth-order valence-electron chi connectivity index (χ4n) is 5.06. The van der Waals surface area contributed by atoms with Crippen molar-refractivity contribution in [3.8, 4) is 5.88 Å². The van der Waals surface area contributed by atoms with Crippen LogP contribution in [0.4, 0.5) is 11.6 Å². The lowest BCUT2D eigenvalue weighted by Crippen LogP contribution is -2.62. The number of cyclic esters (lactones) is 1. The van der Waals surface area contributed by atoms with E-state index in [-0.39, 0.29) is 29.9 Å². The fourth-order valence-corrected chi connectivity index (χ4v) is 5.06. The Hall–Kier alpha value is -3.79. The smallest absolute Gasteiger partial charge is 0.340 e. The van der Waals surface area contributed by atoms with Gasteiger partial charge in [-0.3, -0.25) is 4.79 Å². The Morgan fingerprint density at radius 1 is 1.21 bits per heavy atom. The van der Waals surface area contributed by atoms with Crippen molar-refractivity contribution < 1.29 is 19.1 Å². The Bertz CT molecular complexity index is 1460. The standard InChI is InChI=1S/C29H36N6O4/c1-8-24(36)35-14-21(16(35)3)38-26-19-12-31-23(11-18(19)20(13-32-26)28(4,5)30)33-22-10-9-17-25(34-22)15(2)29(6,7)39-27(17)37/h9-13,15-16,21H,8,14,30H2,1-7H3,(H,31,33,34)/t15-,16+,21-/m1/s1. The molecule has 0 aliphatic carbocycles. The summed E-state index contributed by atoms with van der Waals surface area (Å²) in [5, 5.41) is 4.87. The molecule has 0 saturated carbocycles. The van der Waals surface area contributed by atoms with E-state index in [4.69, 9.17) is 20.2 Å². The van der Waals surface area contributed by atoms with Crippen LogP contribution in [0, 0.1) is 0 Å². The first-order chi connectivity index (χ1) is 18.3. The van der Waals surface area contributed by atoms with Crippen LogP contribution < -0.4 is 15.8 Å². The molecule has 0 unspecified atom stereocenters. The minimum atomic E-state index is -0.665. The minimum Gasteiger partial charge on any atom is -0.470 e. The number of carbonyl (C=O) groups excluding carboxylic acids is 2. The van der Waals surface area contributed by atoms with Gasteiger partial charge in [0.1, 0.15) is 23.3 Å². The maximum absolute atomic E-state index is 12.5. The fraction of sp³-hybridized carbons (Fsp3) is 0.483. The van der Waals surface area contributed by atoms with E-state index in [1.807, 2.05) is 59.4 Å². The third-order valence-corrected chi connectivity index (χ3v) is 7.93. The van der Waals surface area contributed by atoms with Gasteiger partial charge in [0.25, 0.3) is 0 Å². The van der Waals surface area contributed by atoms with Gasteiger partial charge in [0, 0.05) is 30.3 Å². The van der Waals surface area contributed by atoms with Gasteiger partial charge in [0.2, 0.25) is 11.8 Å². The highest BCUT2D eigenvalue weighted by molar-refractivity contribution is 5.93. The molecular formula is C29H36N6O4. The van der Waals surface area contributed by atoms with E-state index >= 15 is 0 Å². The van der Waals surface area contributed by atoms with Gasteiger partial charge in [-0.15, -0.1) is 0 Å². The summed E-state index contributed by atoms with van der Waals surface area (Å²) in [5.41, 5.74) is 7.20. The molecule has 1 saturated heterocycles. The summed E-state index contributed by atoms with van der Waals surface area (Å²) in [4.78, 5) is 40.3. The van der Waals surface area contributed by atoms with Crippen LogP contribution in [0.2, 0.25) is 0 Å². The Balaban J connectivity index is 1.47. The Morgan fingerprint density at radius 3 is 2.62 bits per heavy atom. The summed E-state index contributed by atoms with van der Waals surface area (Å²) in [6.45, 7) is 14.0. The van der Waals surface area contributed by atoms with Gasteiger partial charge < -0.3 is 25.4 Å². The lowest BCUT2D eigenvalue weighted by molar-refractivity contribution is -0.146. The molecule has 0 radical (unpaired) electrons. The monoisotopic (exact) mass is 532 g/mol. The van der Waals surface area contributed by atoms with Gasteiger partial charge in [-0.2, -0.15) is 0 Å². The summed E-state index contributed by atoms with van der Waals surface area (Å²) in [6, 6.07) is 5.35.